The van der Waals surface area contributed by atoms with Crippen molar-refractivity contribution in [3.63, 3.8) is 0 Å². The summed E-state index contributed by atoms with van der Waals surface area (Å²) in [4.78, 5) is 2.07. The van der Waals surface area contributed by atoms with Gasteiger partial charge in [0.05, 0.1) is 12.6 Å². The van der Waals surface area contributed by atoms with E-state index in [-0.39, 0.29) is 6.61 Å². The Morgan fingerprint density at radius 1 is 1.70 bits per heavy atom. The van der Waals surface area contributed by atoms with E-state index in [4.69, 9.17) is 10.4 Å². The van der Waals surface area contributed by atoms with E-state index in [1.54, 1.807) is 0 Å². The van der Waals surface area contributed by atoms with Crippen LogP contribution in [0.15, 0.2) is 0 Å². The molecule has 0 radical (unpaired) electrons. The van der Waals surface area contributed by atoms with Crippen LogP contribution < -0.4 is 0 Å². The van der Waals surface area contributed by atoms with E-state index in [1.165, 1.54) is 0 Å². The van der Waals surface area contributed by atoms with Crippen molar-refractivity contribution >= 4 is 0 Å². The highest BCUT2D eigenvalue weighted by Crippen LogP contribution is 2.13. The monoisotopic (exact) mass is 140 g/mol. The van der Waals surface area contributed by atoms with Crippen LogP contribution in [0.2, 0.25) is 0 Å². The number of hydrogen-bond acceptors (Lipinski definition) is 3. The average molecular weight is 140 g/mol. The number of aliphatic hydroxyl groups excluding tert-OH is 1. The molecule has 1 N–H and O–H groups in total. The third-order valence-electron chi connectivity index (χ3n) is 1.92. The maximum atomic E-state index is 8.74. The molecule has 0 spiro atoms. The van der Waals surface area contributed by atoms with Gasteiger partial charge in [-0.05, 0) is 18.9 Å². The Labute approximate surface area is 60.9 Å². The van der Waals surface area contributed by atoms with Crippen LogP contribution in [-0.2, 0) is 0 Å². The Morgan fingerprint density at radius 2 is 2.50 bits per heavy atom. The van der Waals surface area contributed by atoms with Gasteiger partial charge >= 0.3 is 0 Å². The minimum absolute atomic E-state index is 0.266. The second-order valence-corrected chi connectivity index (χ2v) is 2.73. The molecule has 0 amide bonds. The highest BCUT2D eigenvalue weighted by Gasteiger charge is 2.20. The summed E-state index contributed by atoms with van der Waals surface area (Å²) in [5, 5.41) is 17.1. The van der Waals surface area contributed by atoms with Crippen LogP contribution in [0.1, 0.15) is 6.42 Å². The van der Waals surface area contributed by atoms with Crippen LogP contribution >= 0.6 is 0 Å². The largest absolute Gasteiger partial charge is 0.396 e. The Hall–Kier alpha value is -0.590. The third-order valence-corrected chi connectivity index (χ3v) is 1.92. The van der Waals surface area contributed by atoms with Gasteiger partial charge in [-0.15, -0.1) is 0 Å². The van der Waals surface area contributed by atoms with Crippen LogP contribution in [0, 0.1) is 17.2 Å². The minimum Gasteiger partial charge on any atom is -0.396 e. The maximum absolute atomic E-state index is 8.74. The lowest BCUT2D eigenvalue weighted by molar-refractivity contribution is 0.225. The van der Waals surface area contributed by atoms with Crippen molar-refractivity contribution in [1.82, 2.24) is 4.90 Å². The fourth-order valence-electron chi connectivity index (χ4n) is 1.31. The molecular weight excluding hydrogens is 128 g/mol. The SMILES string of the molecule is N#CCN1CC[C@@H](CO)C1. The lowest BCUT2D eigenvalue weighted by Gasteiger charge is -2.09. The van der Waals surface area contributed by atoms with Crippen LogP contribution in [0.5, 0.6) is 0 Å². The van der Waals surface area contributed by atoms with Crippen LogP contribution in [0.3, 0.4) is 0 Å². The average Bonchev–Trinajstić information content (AvgIpc) is 2.37. The summed E-state index contributed by atoms with van der Waals surface area (Å²) in [7, 11) is 0. The quantitative estimate of drug-likeness (QED) is 0.541. The fourth-order valence-corrected chi connectivity index (χ4v) is 1.31. The number of aliphatic hydroxyl groups is 1. The molecule has 0 aromatic rings. The summed E-state index contributed by atoms with van der Waals surface area (Å²) in [6.07, 6.45) is 1.04. The van der Waals surface area contributed by atoms with E-state index >= 15 is 0 Å². The molecule has 1 rings (SSSR count). The number of hydrogen-bond donors (Lipinski definition) is 1. The zero-order valence-corrected chi connectivity index (χ0v) is 5.95. The zero-order valence-electron chi connectivity index (χ0n) is 5.95. The second-order valence-electron chi connectivity index (χ2n) is 2.73. The molecule has 56 valence electrons. The summed E-state index contributed by atoms with van der Waals surface area (Å²) in [5.74, 6) is 0.411. The molecule has 1 saturated heterocycles. The van der Waals surface area contributed by atoms with Gasteiger partial charge in [-0.3, -0.25) is 4.90 Å². The first kappa shape index (κ1) is 7.52. The summed E-state index contributed by atoms with van der Waals surface area (Å²) >= 11 is 0. The molecule has 1 aliphatic rings. The molecule has 1 heterocycles. The van der Waals surface area contributed by atoms with Gasteiger partial charge in [0.2, 0.25) is 0 Å². The molecule has 0 aliphatic carbocycles. The summed E-state index contributed by atoms with van der Waals surface area (Å²) in [6.45, 7) is 2.64. The number of rotatable bonds is 2. The van der Waals surface area contributed by atoms with Gasteiger partial charge in [-0.25, -0.2) is 0 Å². The van der Waals surface area contributed by atoms with E-state index in [2.05, 4.69) is 11.0 Å². The van der Waals surface area contributed by atoms with E-state index in [9.17, 15) is 0 Å². The number of nitriles is 1. The van der Waals surface area contributed by atoms with Gasteiger partial charge in [0.25, 0.3) is 0 Å². The van der Waals surface area contributed by atoms with Gasteiger partial charge in [-0.2, -0.15) is 5.26 Å². The Balaban J connectivity index is 2.23. The first-order chi connectivity index (χ1) is 4.86. The third kappa shape index (κ3) is 1.69. The molecule has 1 aliphatic heterocycles. The maximum Gasteiger partial charge on any atom is 0.0866 e. The lowest BCUT2D eigenvalue weighted by atomic mass is 10.1. The van der Waals surface area contributed by atoms with Crippen molar-refractivity contribution in [3.05, 3.63) is 0 Å². The molecule has 0 unspecified atom stereocenters. The molecule has 3 heteroatoms. The van der Waals surface area contributed by atoms with Crippen molar-refractivity contribution < 1.29 is 5.11 Å². The second kappa shape index (κ2) is 3.55. The number of nitrogens with zero attached hydrogens (tertiary/aromatic N) is 2. The highest BCUT2D eigenvalue weighted by molar-refractivity contribution is 4.82. The normalized spacial score (nSPS) is 26.6. The van der Waals surface area contributed by atoms with Crippen LogP contribution in [0.25, 0.3) is 0 Å². The summed E-state index contributed by atoms with van der Waals surface area (Å²) in [6, 6.07) is 2.10. The first-order valence-electron chi connectivity index (χ1n) is 3.57. The molecule has 10 heavy (non-hydrogen) atoms. The molecule has 0 saturated carbocycles. The predicted octanol–water partition coefficient (Wildman–Crippen LogP) is -0.176. The number of likely N-dealkylation sites (tertiary alicyclic amines) is 1. The Morgan fingerprint density at radius 3 is 3.00 bits per heavy atom. The fraction of sp³-hybridized carbons (Fsp3) is 0.857. The van der Waals surface area contributed by atoms with Crippen molar-refractivity contribution in [2.45, 2.75) is 6.42 Å². The summed E-state index contributed by atoms with van der Waals surface area (Å²) < 4.78 is 0. The van der Waals surface area contributed by atoms with Gasteiger partial charge in [0.15, 0.2) is 0 Å². The highest BCUT2D eigenvalue weighted by atomic mass is 16.3. The molecule has 0 bridgehead atoms. The van der Waals surface area contributed by atoms with E-state index in [1.807, 2.05) is 0 Å². The topological polar surface area (TPSA) is 47.3 Å². The van der Waals surface area contributed by atoms with Gasteiger partial charge < -0.3 is 5.11 Å². The summed E-state index contributed by atoms with van der Waals surface area (Å²) in [5.41, 5.74) is 0. The molecule has 3 nitrogen and oxygen atoms in total. The minimum atomic E-state index is 0.266. The van der Waals surface area contributed by atoms with E-state index < -0.39 is 0 Å². The van der Waals surface area contributed by atoms with Crippen molar-refractivity contribution in [2.24, 2.45) is 5.92 Å². The van der Waals surface area contributed by atoms with Crippen LogP contribution in [0.4, 0.5) is 0 Å². The Bertz CT molecular complexity index is 141. The predicted molar refractivity (Wildman–Crippen MR) is 37.2 cm³/mol. The van der Waals surface area contributed by atoms with Crippen molar-refractivity contribution in [1.29, 1.82) is 5.26 Å². The molecular formula is C7H12N2O. The van der Waals surface area contributed by atoms with E-state index in [0.717, 1.165) is 19.5 Å². The molecule has 0 aromatic carbocycles. The lowest BCUT2D eigenvalue weighted by Crippen LogP contribution is -2.21. The van der Waals surface area contributed by atoms with E-state index in [0.29, 0.717) is 12.5 Å². The molecule has 1 fully saturated rings. The zero-order chi connectivity index (χ0) is 7.40. The van der Waals surface area contributed by atoms with Gasteiger partial charge in [-0.1, -0.05) is 0 Å². The molecule has 1 atom stereocenters. The van der Waals surface area contributed by atoms with Gasteiger partial charge in [0, 0.05) is 13.2 Å². The van der Waals surface area contributed by atoms with Crippen molar-refractivity contribution in [2.75, 3.05) is 26.2 Å². The standard InChI is InChI=1S/C7H12N2O/c8-2-4-9-3-1-7(5-9)6-10/h7,10H,1,3-6H2/t7-/m1/s1. The van der Waals surface area contributed by atoms with Gasteiger partial charge in [0.1, 0.15) is 0 Å². The first-order valence-corrected chi connectivity index (χ1v) is 3.57. The van der Waals surface area contributed by atoms with Crippen molar-refractivity contribution in [3.8, 4) is 6.07 Å². The molecule has 0 aromatic heterocycles. The van der Waals surface area contributed by atoms with Crippen LogP contribution in [-0.4, -0.2) is 36.2 Å². The smallest absolute Gasteiger partial charge is 0.0866 e. The Kier molecular flexibility index (Phi) is 2.67.